The Bertz CT molecular complexity index is 392. The number of hydrogen-bond donors (Lipinski definition) is 1. The zero-order valence-corrected chi connectivity index (χ0v) is 11.5. The average Bonchev–Trinajstić information content (AvgIpc) is 2.69. The molecule has 2 rings (SSSR count). The standard InChI is InChI=1S/C14H25N3/c1-10-8-11(17(4)16-10)9-13(15)12-6-5-7-14(12,2)3/h8,12-13H,5-7,9,15H2,1-4H3. The molecular weight excluding hydrogens is 210 g/mol. The lowest BCUT2D eigenvalue weighted by atomic mass is 9.76. The van der Waals surface area contributed by atoms with Crippen molar-refractivity contribution < 1.29 is 0 Å². The molecule has 1 aliphatic rings. The summed E-state index contributed by atoms with van der Waals surface area (Å²) in [5.41, 5.74) is 9.18. The highest BCUT2D eigenvalue weighted by Crippen LogP contribution is 2.44. The highest BCUT2D eigenvalue weighted by atomic mass is 15.3. The predicted octanol–water partition coefficient (Wildman–Crippen LogP) is 2.42. The molecule has 1 aliphatic carbocycles. The second-order valence-electron chi connectivity index (χ2n) is 6.26. The molecule has 1 saturated carbocycles. The zero-order chi connectivity index (χ0) is 12.6. The van der Waals surface area contributed by atoms with Gasteiger partial charge in [-0.15, -0.1) is 0 Å². The molecule has 0 saturated heterocycles. The fraction of sp³-hybridized carbons (Fsp3) is 0.786. The van der Waals surface area contributed by atoms with Gasteiger partial charge in [0.15, 0.2) is 0 Å². The molecule has 2 N–H and O–H groups in total. The van der Waals surface area contributed by atoms with E-state index in [1.54, 1.807) is 0 Å². The molecule has 17 heavy (non-hydrogen) atoms. The lowest BCUT2D eigenvalue weighted by Crippen LogP contribution is -2.38. The van der Waals surface area contributed by atoms with E-state index in [9.17, 15) is 0 Å². The Hall–Kier alpha value is -0.830. The maximum Gasteiger partial charge on any atom is 0.0596 e. The van der Waals surface area contributed by atoms with Crippen molar-refractivity contribution in [3.05, 3.63) is 17.5 Å². The first-order valence-corrected chi connectivity index (χ1v) is 6.65. The second-order valence-corrected chi connectivity index (χ2v) is 6.26. The van der Waals surface area contributed by atoms with Gasteiger partial charge in [0, 0.05) is 25.2 Å². The van der Waals surface area contributed by atoms with E-state index in [2.05, 4.69) is 25.0 Å². The summed E-state index contributed by atoms with van der Waals surface area (Å²) < 4.78 is 1.97. The summed E-state index contributed by atoms with van der Waals surface area (Å²) in [5, 5.41) is 4.39. The summed E-state index contributed by atoms with van der Waals surface area (Å²) in [7, 11) is 2.01. The molecular formula is C14H25N3. The Balaban J connectivity index is 2.06. The van der Waals surface area contributed by atoms with E-state index in [0.29, 0.717) is 11.3 Å². The quantitative estimate of drug-likeness (QED) is 0.874. The maximum atomic E-state index is 6.42. The third-order valence-corrected chi connectivity index (χ3v) is 4.40. The van der Waals surface area contributed by atoms with Crippen molar-refractivity contribution in [2.75, 3.05) is 0 Å². The van der Waals surface area contributed by atoms with Crippen LogP contribution in [0.1, 0.15) is 44.5 Å². The summed E-state index contributed by atoms with van der Waals surface area (Å²) in [5.74, 6) is 0.651. The van der Waals surface area contributed by atoms with Crippen molar-refractivity contribution in [1.82, 2.24) is 9.78 Å². The van der Waals surface area contributed by atoms with Crippen LogP contribution in [0.3, 0.4) is 0 Å². The van der Waals surface area contributed by atoms with E-state index in [0.717, 1.165) is 12.1 Å². The molecule has 3 heteroatoms. The largest absolute Gasteiger partial charge is 0.327 e. The highest BCUT2D eigenvalue weighted by molar-refractivity contribution is 5.11. The van der Waals surface area contributed by atoms with Crippen LogP contribution in [0.25, 0.3) is 0 Å². The van der Waals surface area contributed by atoms with E-state index in [4.69, 9.17) is 5.73 Å². The summed E-state index contributed by atoms with van der Waals surface area (Å²) in [6.07, 6.45) is 4.88. The van der Waals surface area contributed by atoms with Crippen molar-refractivity contribution in [1.29, 1.82) is 0 Å². The van der Waals surface area contributed by atoms with Crippen LogP contribution >= 0.6 is 0 Å². The van der Waals surface area contributed by atoms with Gasteiger partial charge in [-0.3, -0.25) is 4.68 Å². The van der Waals surface area contributed by atoms with Crippen LogP contribution in [-0.2, 0) is 13.5 Å². The first kappa shape index (κ1) is 12.6. The van der Waals surface area contributed by atoms with Crippen molar-refractivity contribution >= 4 is 0 Å². The minimum atomic E-state index is 0.266. The number of nitrogens with two attached hydrogens (primary N) is 1. The van der Waals surface area contributed by atoms with Crippen LogP contribution in [-0.4, -0.2) is 15.8 Å². The van der Waals surface area contributed by atoms with Gasteiger partial charge in [-0.1, -0.05) is 20.3 Å². The Morgan fingerprint density at radius 2 is 2.29 bits per heavy atom. The SMILES string of the molecule is Cc1cc(CC(N)C2CCCC2(C)C)n(C)n1. The zero-order valence-electron chi connectivity index (χ0n) is 11.5. The number of nitrogens with zero attached hydrogens (tertiary/aromatic N) is 2. The smallest absolute Gasteiger partial charge is 0.0596 e. The normalized spacial score (nSPS) is 25.1. The Morgan fingerprint density at radius 3 is 2.76 bits per heavy atom. The average molecular weight is 235 g/mol. The fourth-order valence-electron chi connectivity index (χ4n) is 3.39. The van der Waals surface area contributed by atoms with Gasteiger partial charge in [-0.2, -0.15) is 5.10 Å². The first-order valence-electron chi connectivity index (χ1n) is 6.65. The molecule has 0 spiro atoms. The van der Waals surface area contributed by atoms with Gasteiger partial charge < -0.3 is 5.73 Å². The van der Waals surface area contributed by atoms with Gasteiger partial charge in [0.1, 0.15) is 0 Å². The predicted molar refractivity (Wildman–Crippen MR) is 70.7 cm³/mol. The molecule has 1 aromatic heterocycles. The molecule has 0 radical (unpaired) electrons. The molecule has 1 heterocycles. The summed E-state index contributed by atoms with van der Waals surface area (Å²) in [4.78, 5) is 0. The second kappa shape index (κ2) is 4.45. The fourth-order valence-corrected chi connectivity index (χ4v) is 3.39. The first-order chi connectivity index (χ1) is 7.90. The Kier molecular flexibility index (Phi) is 3.30. The Morgan fingerprint density at radius 1 is 1.59 bits per heavy atom. The summed E-state index contributed by atoms with van der Waals surface area (Å²) >= 11 is 0. The monoisotopic (exact) mass is 235 g/mol. The summed E-state index contributed by atoms with van der Waals surface area (Å²) in [6.45, 7) is 6.76. The minimum absolute atomic E-state index is 0.266. The van der Waals surface area contributed by atoms with Crippen molar-refractivity contribution in [2.45, 2.75) is 52.5 Å². The van der Waals surface area contributed by atoms with E-state index in [1.165, 1.54) is 25.0 Å². The molecule has 0 bridgehead atoms. The van der Waals surface area contributed by atoms with Crippen LogP contribution in [0.5, 0.6) is 0 Å². The summed E-state index contributed by atoms with van der Waals surface area (Å²) in [6, 6.07) is 2.42. The van der Waals surface area contributed by atoms with Gasteiger partial charge in [-0.05, 0) is 37.2 Å². The van der Waals surface area contributed by atoms with Gasteiger partial charge in [0.05, 0.1) is 5.69 Å². The molecule has 1 aromatic rings. The number of aromatic nitrogens is 2. The van der Waals surface area contributed by atoms with Crippen molar-refractivity contribution in [3.63, 3.8) is 0 Å². The van der Waals surface area contributed by atoms with Crippen LogP contribution in [0, 0.1) is 18.3 Å². The molecule has 2 atom stereocenters. The molecule has 96 valence electrons. The van der Waals surface area contributed by atoms with Crippen molar-refractivity contribution in [2.24, 2.45) is 24.1 Å². The van der Waals surface area contributed by atoms with Gasteiger partial charge in [0.25, 0.3) is 0 Å². The Labute approximate surface area is 104 Å². The van der Waals surface area contributed by atoms with E-state index >= 15 is 0 Å². The van der Waals surface area contributed by atoms with Crippen LogP contribution in [0.2, 0.25) is 0 Å². The molecule has 0 aliphatic heterocycles. The number of rotatable bonds is 3. The molecule has 0 amide bonds. The van der Waals surface area contributed by atoms with E-state index in [1.807, 2.05) is 18.7 Å². The van der Waals surface area contributed by atoms with Gasteiger partial charge in [-0.25, -0.2) is 0 Å². The van der Waals surface area contributed by atoms with Crippen LogP contribution < -0.4 is 5.73 Å². The minimum Gasteiger partial charge on any atom is -0.327 e. The molecule has 0 aromatic carbocycles. The van der Waals surface area contributed by atoms with Gasteiger partial charge >= 0.3 is 0 Å². The topological polar surface area (TPSA) is 43.8 Å². The third-order valence-electron chi connectivity index (χ3n) is 4.40. The van der Waals surface area contributed by atoms with E-state index < -0.39 is 0 Å². The van der Waals surface area contributed by atoms with Gasteiger partial charge in [0.2, 0.25) is 0 Å². The molecule has 3 nitrogen and oxygen atoms in total. The number of hydrogen-bond acceptors (Lipinski definition) is 2. The van der Waals surface area contributed by atoms with Crippen LogP contribution in [0.15, 0.2) is 6.07 Å². The number of aryl methyl sites for hydroxylation is 2. The van der Waals surface area contributed by atoms with E-state index in [-0.39, 0.29) is 6.04 Å². The van der Waals surface area contributed by atoms with Crippen LogP contribution in [0.4, 0.5) is 0 Å². The lowest BCUT2D eigenvalue weighted by molar-refractivity contribution is 0.218. The molecule has 1 fully saturated rings. The van der Waals surface area contributed by atoms with Crippen molar-refractivity contribution in [3.8, 4) is 0 Å². The molecule has 2 unspecified atom stereocenters. The maximum absolute atomic E-state index is 6.42. The lowest BCUT2D eigenvalue weighted by Gasteiger charge is -2.32. The third kappa shape index (κ3) is 2.54. The highest BCUT2D eigenvalue weighted by Gasteiger charge is 2.38.